The number of benzene rings is 1. The summed E-state index contributed by atoms with van der Waals surface area (Å²) in [6.45, 7) is 3.68. The maximum Gasteiger partial charge on any atom is 0.335 e. The van der Waals surface area contributed by atoms with Crippen LogP contribution < -0.4 is 5.32 Å². The van der Waals surface area contributed by atoms with Gasteiger partial charge in [0, 0.05) is 26.2 Å². The van der Waals surface area contributed by atoms with Gasteiger partial charge in [-0.3, -0.25) is 4.90 Å². The van der Waals surface area contributed by atoms with Crippen molar-refractivity contribution in [2.24, 2.45) is 0 Å². The highest BCUT2D eigenvalue weighted by Gasteiger charge is 2.21. The van der Waals surface area contributed by atoms with Crippen LogP contribution in [0.1, 0.15) is 22.0 Å². The smallest absolute Gasteiger partial charge is 0.335 e. The van der Waals surface area contributed by atoms with Gasteiger partial charge in [0.2, 0.25) is 0 Å². The van der Waals surface area contributed by atoms with E-state index < -0.39 is 5.97 Å². The zero-order chi connectivity index (χ0) is 13.0. The van der Waals surface area contributed by atoms with Crippen molar-refractivity contribution in [2.45, 2.75) is 6.04 Å². The van der Waals surface area contributed by atoms with E-state index in [0.717, 1.165) is 31.7 Å². The van der Waals surface area contributed by atoms with Gasteiger partial charge in [-0.15, -0.1) is 0 Å². The van der Waals surface area contributed by atoms with Crippen LogP contribution in [0.5, 0.6) is 0 Å². The third kappa shape index (κ3) is 2.87. The summed E-state index contributed by atoms with van der Waals surface area (Å²) in [6.07, 6.45) is 0. The Kier molecular flexibility index (Phi) is 4.30. The fourth-order valence-corrected chi connectivity index (χ4v) is 2.27. The summed E-state index contributed by atoms with van der Waals surface area (Å²) in [7, 11) is 0. The lowest BCUT2D eigenvalue weighted by molar-refractivity contribution is 0.0697. The third-order valence-corrected chi connectivity index (χ3v) is 3.31. The molecule has 1 atom stereocenters. The highest BCUT2D eigenvalue weighted by molar-refractivity contribution is 5.87. The number of carboxylic acids is 1. The average molecular weight is 250 g/mol. The molecule has 0 aromatic heterocycles. The van der Waals surface area contributed by atoms with Crippen molar-refractivity contribution in [3.63, 3.8) is 0 Å². The molecule has 0 spiro atoms. The second-order valence-electron chi connectivity index (χ2n) is 4.41. The number of aromatic carboxylic acids is 1. The number of hydrogen-bond acceptors (Lipinski definition) is 4. The Balaban J connectivity index is 2.13. The predicted octanol–water partition coefficient (Wildman–Crippen LogP) is 0.323. The van der Waals surface area contributed by atoms with Crippen molar-refractivity contribution in [1.82, 2.24) is 10.2 Å². The molecule has 1 aromatic carbocycles. The molecule has 1 aliphatic rings. The Labute approximate surface area is 106 Å². The van der Waals surface area contributed by atoms with Crippen molar-refractivity contribution >= 4 is 5.97 Å². The van der Waals surface area contributed by atoms with Crippen molar-refractivity contribution in [1.29, 1.82) is 0 Å². The standard InChI is InChI=1S/C13H18N2O3/c16-9-12(15-7-5-14-6-8-15)10-1-3-11(4-2-10)13(17)18/h1-4,12,14,16H,5-9H2,(H,17,18)/t12-/m1/s1. The topological polar surface area (TPSA) is 72.8 Å². The first-order valence-corrected chi connectivity index (χ1v) is 6.11. The fraction of sp³-hybridized carbons (Fsp3) is 0.462. The molecule has 0 amide bonds. The number of hydrogen-bond donors (Lipinski definition) is 3. The Morgan fingerprint density at radius 3 is 2.39 bits per heavy atom. The molecule has 18 heavy (non-hydrogen) atoms. The molecular formula is C13H18N2O3. The molecule has 1 heterocycles. The highest BCUT2D eigenvalue weighted by Crippen LogP contribution is 2.21. The number of carbonyl (C=O) groups is 1. The van der Waals surface area contributed by atoms with Crippen LogP contribution in [0.4, 0.5) is 0 Å². The Hall–Kier alpha value is -1.43. The zero-order valence-corrected chi connectivity index (χ0v) is 10.2. The molecule has 5 nitrogen and oxygen atoms in total. The fourth-order valence-electron chi connectivity index (χ4n) is 2.27. The van der Waals surface area contributed by atoms with E-state index >= 15 is 0 Å². The van der Waals surface area contributed by atoms with E-state index in [-0.39, 0.29) is 18.2 Å². The first kappa shape index (κ1) is 13.0. The molecule has 3 N–H and O–H groups in total. The summed E-state index contributed by atoms with van der Waals surface area (Å²) in [5.41, 5.74) is 1.24. The maximum absolute atomic E-state index is 10.8. The normalized spacial score (nSPS) is 18.5. The summed E-state index contributed by atoms with van der Waals surface area (Å²) < 4.78 is 0. The van der Waals surface area contributed by atoms with Crippen LogP contribution in [0.2, 0.25) is 0 Å². The van der Waals surface area contributed by atoms with Crippen molar-refractivity contribution in [3.8, 4) is 0 Å². The molecule has 2 rings (SSSR count). The minimum absolute atomic E-state index is 0.0463. The van der Waals surface area contributed by atoms with Gasteiger partial charge in [0.05, 0.1) is 18.2 Å². The van der Waals surface area contributed by atoms with Crippen LogP contribution in [-0.2, 0) is 0 Å². The molecule has 1 aromatic rings. The molecule has 5 heteroatoms. The van der Waals surface area contributed by atoms with Gasteiger partial charge in [-0.25, -0.2) is 4.79 Å². The molecule has 0 unspecified atom stereocenters. The number of nitrogens with zero attached hydrogens (tertiary/aromatic N) is 1. The maximum atomic E-state index is 10.8. The van der Waals surface area contributed by atoms with Gasteiger partial charge in [-0.2, -0.15) is 0 Å². The van der Waals surface area contributed by atoms with Gasteiger partial charge in [-0.05, 0) is 17.7 Å². The molecule has 98 valence electrons. The van der Waals surface area contributed by atoms with Gasteiger partial charge >= 0.3 is 5.97 Å². The Morgan fingerprint density at radius 1 is 1.28 bits per heavy atom. The molecule has 1 saturated heterocycles. The van der Waals surface area contributed by atoms with Crippen LogP contribution in [0.3, 0.4) is 0 Å². The number of piperazine rings is 1. The van der Waals surface area contributed by atoms with E-state index in [2.05, 4.69) is 10.2 Å². The van der Waals surface area contributed by atoms with E-state index in [1.807, 2.05) is 0 Å². The predicted molar refractivity (Wildman–Crippen MR) is 67.7 cm³/mol. The molecule has 1 aliphatic heterocycles. The van der Waals surface area contributed by atoms with E-state index in [1.165, 1.54) is 0 Å². The van der Waals surface area contributed by atoms with Gasteiger partial charge in [0.15, 0.2) is 0 Å². The minimum Gasteiger partial charge on any atom is -0.478 e. The number of carboxylic acid groups (broad SMARTS) is 1. The summed E-state index contributed by atoms with van der Waals surface area (Å²) in [5, 5.41) is 21.7. The van der Waals surface area contributed by atoms with Gasteiger partial charge in [0.1, 0.15) is 0 Å². The summed E-state index contributed by atoms with van der Waals surface area (Å²) in [4.78, 5) is 13.0. The van der Waals surface area contributed by atoms with E-state index in [4.69, 9.17) is 5.11 Å². The summed E-state index contributed by atoms with van der Waals surface area (Å²) >= 11 is 0. The second-order valence-corrected chi connectivity index (χ2v) is 4.41. The molecular weight excluding hydrogens is 232 g/mol. The Morgan fingerprint density at radius 2 is 1.89 bits per heavy atom. The minimum atomic E-state index is -0.927. The molecule has 1 fully saturated rings. The highest BCUT2D eigenvalue weighted by atomic mass is 16.4. The van der Waals surface area contributed by atoms with Crippen molar-refractivity contribution < 1.29 is 15.0 Å². The first-order chi connectivity index (χ1) is 8.72. The van der Waals surface area contributed by atoms with Crippen molar-refractivity contribution in [2.75, 3.05) is 32.8 Å². The van der Waals surface area contributed by atoms with Crippen molar-refractivity contribution in [3.05, 3.63) is 35.4 Å². The SMILES string of the molecule is O=C(O)c1ccc([C@@H](CO)N2CCNCC2)cc1. The van der Waals surface area contributed by atoms with Crippen LogP contribution >= 0.6 is 0 Å². The zero-order valence-electron chi connectivity index (χ0n) is 10.2. The van der Waals surface area contributed by atoms with Gasteiger partial charge in [-0.1, -0.05) is 12.1 Å². The van der Waals surface area contributed by atoms with Gasteiger partial charge < -0.3 is 15.5 Å². The van der Waals surface area contributed by atoms with Crippen LogP contribution in [0.15, 0.2) is 24.3 Å². The third-order valence-electron chi connectivity index (χ3n) is 3.31. The number of aliphatic hydroxyl groups is 1. The largest absolute Gasteiger partial charge is 0.478 e. The Bertz CT molecular complexity index is 399. The van der Waals surface area contributed by atoms with Crippen LogP contribution in [0.25, 0.3) is 0 Å². The summed E-state index contributed by atoms with van der Waals surface area (Å²) in [6, 6.07) is 6.69. The van der Waals surface area contributed by atoms with E-state index in [9.17, 15) is 9.90 Å². The second kappa shape index (κ2) is 5.95. The monoisotopic (exact) mass is 250 g/mol. The molecule has 0 radical (unpaired) electrons. The van der Waals surface area contributed by atoms with Gasteiger partial charge in [0.25, 0.3) is 0 Å². The molecule has 0 aliphatic carbocycles. The first-order valence-electron chi connectivity index (χ1n) is 6.11. The lowest BCUT2D eigenvalue weighted by atomic mass is 10.0. The van der Waals surface area contributed by atoms with Crippen LogP contribution in [0, 0.1) is 0 Å². The average Bonchev–Trinajstić information content (AvgIpc) is 2.41. The number of rotatable bonds is 4. The molecule has 0 bridgehead atoms. The number of aliphatic hydroxyl groups excluding tert-OH is 1. The van der Waals surface area contributed by atoms with E-state index in [0.29, 0.717) is 0 Å². The van der Waals surface area contributed by atoms with Crippen LogP contribution in [-0.4, -0.2) is 53.9 Å². The quantitative estimate of drug-likeness (QED) is 0.718. The number of nitrogens with one attached hydrogen (secondary N) is 1. The summed E-state index contributed by atoms with van der Waals surface area (Å²) in [5.74, 6) is -0.927. The molecule has 0 saturated carbocycles. The van der Waals surface area contributed by atoms with E-state index in [1.54, 1.807) is 24.3 Å². The lowest BCUT2D eigenvalue weighted by Gasteiger charge is -2.34. The lowest BCUT2D eigenvalue weighted by Crippen LogP contribution is -2.46.